The number of hydrogen-bond acceptors (Lipinski definition) is 4. The second-order valence-corrected chi connectivity index (χ2v) is 8.86. The fourth-order valence-corrected chi connectivity index (χ4v) is 4.95. The first-order chi connectivity index (χ1) is 14.7. The quantitative estimate of drug-likeness (QED) is 0.665. The van der Waals surface area contributed by atoms with Crippen molar-refractivity contribution in [3.8, 4) is 5.75 Å². The van der Waals surface area contributed by atoms with Crippen LogP contribution in [-0.2, 0) is 5.41 Å². The van der Waals surface area contributed by atoms with E-state index in [0.29, 0.717) is 29.6 Å². The number of nitrogens with two attached hydrogens (primary N) is 1. The summed E-state index contributed by atoms with van der Waals surface area (Å²) in [6.45, 7) is 8.09. The molecule has 3 atom stereocenters. The van der Waals surface area contributed by atoms with Crippen molar-refractivity contribution in [3.05, 3.63) is 64.7 Å². The Bertz CT molecular complexity index is 957. The third-order valence-corrected chi connectivity index (χ3v) is 7.25. The molecule has 166 valence electrons. The van der Waals surface area contributed by atoms with E-state index in [4.69, 9.17) is 5.73 Å². The number of aryl methyl sites for hydroxylation is 1. The average molecular weight is 424 g/mol. The van der Waals surface area contributed by atoms with Crippen molar-refractivity contribution in [2.45, 2.75) is 45.1 Å². The van der Waals surface area contributed by atoms with E-state index in [2.05, 4.69) is 38.0 Å². The SMILES string of the molecule is Cc1ccc(O)cc1[C@@]1(CCNC(=O)c2ccc(C(N)=O)cc2)CCN(C)C(C)[C@@H]1C. The van der Waals surface area contributed by atoms with E-state index in [-0.39, 0.29) is 17.1 Å². The summed E-state index contributed by atoms with van der Waals surface area (Å²) < 4.78 is 0. The Morgan fingerprint density at radius 1 is 1.16 bits per heavy atom. The molecular formula is C25H33N3O3. The zero-order valence-corrected chi connectivity index (χ0v) is 18.8. The van der Waals surface area contributed by atoms with E-state index in [1.54, 1.807) is 30.3 Å². The van der Waals surface area contributed by atoms with Gasteiger partial charge in [0.2, 0.25) is 5.91 Å². The van der Waals surface area contributed by atoms with Gasteiger partial charge < -0.3 is 21.1 Å². The molecule has 0 saturated carbocycles. The van der Waals surface area contributed by atoms with Crippen LogP contribution in [0.2, 0.25) is 0 Å². The van der Waals surface area contributed by atoms with Crippen LogP contribution in [0.3, 0.4) is 0 Å². The molecular weight excluding hydrogens is 390 g/mol. The number of phenolic OH excluding ortho intramolecular Hbond substituents is 1. The first kappa shape index (κ1) is 22.8. The number of benzene rings is 2. The molecule has 0 bridgehead atoms. The molecule has 6 nitrogen and oxygen atoms in total. The Balaban J connectivity index is 1.80. The van der Waals surface area contributed by atoms with Crippen LogP contribution in [0.25, 0.3) is 0 Å². The zero-order valence-electron chi connectivity index (χ0n) is 18.8. The normalized spacial score (nSPS) is 24.0. The van der Waals surface area contributed by atoms with Crippen molar-refractivity contribution in [1.29, 1.82) is 0 Å². The lowest BCUT2D eigenvalue weighted by atomic mass is 9.61. The predicted octanol–water partition coefficient (Wildman–Crippen LogP) is 3.22. The van der Waals surface area contributed by atoms with E-state index in [9.17, 15) is 14.7 Å². The lowest BCUT2D eigenvalue weighted by Crippen LogP contribution is -2.54. The topological polar surface area (TPSA) is 95.7 Å². The van der Waals surface area contributed by atoms with Crippen molar-refractivity contribution in [3.63, 3.8) is 0 Å². The Morgan fingerprint density at radius 2 is 1.81 bits per heavy atom. The van der Waals surface area contributed by atoms with Gasteiger partial charge in [0.05, 0.1) is 0 Å². The second-order valence-electron chi connectivity index (χ2n) is 8.86. The number of nitrogens with one attached hydrogen (secondary N) is 1. The summed E-state index contributed by atoms with van der Waals surface area (Å²) in [5.74, 6) is -0.0657. The van der Waals surface area contributed by atoms with E-state index in [1.807, 2.05) is 12.1 Å². The van der Waals surface area contributed by atoms with Gasteiger partial charge in [0, 0.05) is 29.1 Å². The molecule has 1 aliphatic rings. The third-order valence-electron chi connectivity index (χ3n) is 7.25. The summed E-state index contributed by atoms with van der Waals surface area (Å²) in [4.78, 5) is 26.3. The predicted molar refractivity (Wildman–Crippen MR) is 122 cm³/mol. The maximum atomic E-state index is 12.7. The molecule has 1 saturated heterocycles. The molecule has 2 aromatic carbocycles. The van der Waals surface area contributed by atoms with Gasteiger partial charge in [0.15, 0.2) is 0 Å². The molecule has 1 aliphatic heterocycles. The van der Waals surface area contributed by atoms with Gasteiger partial charge in [-0.2, -0.15) is 0 Å². The molecule has 31 heavy (non-hydrogen) atoms. The van der Waals surface area contributed by atoms with Gasteiger partial charge >= 0.3 is 0 Å². The fourth-order valence-electron chi connectivity index (χ4n) is 4.95. The number of piperidine rings is 1. The molecule has 0 spiro atoms. The van der Waals surface area contributed by atoms with E-state index in [0.717, 1.165) is 24.9 Å². The summed E-state index contributed by atoms with van der Waals surface area (Å²) in [5, 5.41) is 13.2. The fraction of sp³-hybridized carbons (Fsp3) is 0.440. The molecule has 0 radical (unpaired) electrons. The largest absolute Gasteiger partial charge is 0.508 e. The van der Waals surface area contributed by atoms with Crippen molar-refractivity contribution in [1.82, 2.24) is 10.2 Å². The van der Waals surface area contributed by atoms with E-state index in [1.165, 1.54) is 5.56 Å². The number of hydrogen-bond donors (Lipinski definition) is 3. The van der Waals surface area contributed by atoms with Crippen molar-refractivity contribution in [2.75, 3.05) is 20.1 Å². The van der Waals surface area contributed by atoms with Gasteiger partial charge in [-0.1, -0.05) is 13.0 Å². The van der Waals surface area contributed by atoms with Gasteiger partial charge in [-0.25, -0.2) is 0 Å². The van der Waals surface area contributed by atoms with Crippen molar-refractivity contribution in [2.24, 2.45) is 11.7 Å². The third kappa shape index (κ3) is 4.59. The highest BCUT2D eigenvalue weighted by Gasteiger charge is 2.45. The number of amides is 2. The minimum Gasteiger partial charge on any atom is -0.508 e. The van der Waals surface area contributed by atoms with E-state index >= 15 is 0 Å². The second kappa shape index (κ2) is 9.10. The summed E-state index contributed by atoms with van der Waals surface area (Å²) >= 11 is 0. The number of phenols is 1. The summed E-state index contributed by atoms with van der Waals surface area (Å²) in [5.41, 5.74) is 8.33. The number of carbonyl (C=O) groups excluding carboxylic acids is 2. The number of carbonyl (C=O) groups is 2. The van der Waals surface area contributed by atoms with Gasteiger partial charge in [0.25, 0.3) is 5.91 Å². The number of nitrogens with zero attached hydrogens (tertiary/aromatic N) is 1. The molecule has 0 aliphatic carbocycles. The molecule has 2 amide bonds. The highest BCUT2D eigenvalue weighted by Crippen LogP contribution is 2.46. The Morgan fingerprint density at radius 3 is 2.45 bits per heavy atom. The number of rotatable bonds is 6. The number of primary amides is 1. The summed E-state index contributed by atoms with van der Waals surface area (Å²) in [7, 11) is 2.15. The van der Waals surface area contributed by atoms with Gasteiger partial charge in [-0.15, -0.1) is 0 Å². The monoisotopic (exact) mass is 423 g/mol. The maximum absolute atomic E-state index is 12.7. The minimum atomic E-state index is -0.513. The van der Waals surface area contributed by atoms with Crippen LogP contribution in [0.4, 0.5) is 0 Å². The van der Waals surface area contributed by atoms with Gasteiger partial charge in [0.1, 0.15) is 5.75 Å². The molecule has 0 aromatic heterocycles. The van der Waals surface area contributed by atoms with Crippen LogP contribution in [-0.4, -0.2) is 48.0 Å². The first-order valence-electron chi connectivity index (χ1n) is 10.8. The summed E-state index contributed by atoms with van der Waals surface area (Å²) in [6.07, 6.45) is 1.74. The van der Waals surface area contributed by atoms with Crippen LogP contribution < -0.4 is 11.1 Å². The molecule has 2 aromatic rings. The Labute approximate surface area is 184 Å². The molecule has 4 N–H and O–H groups in total. The molecule has 3 rings (SSSR count). The molecule has 1 unspecified atom stereocenters. The Hall–Kier alpha value is -2.86. The molecule has 6 heteroatoms. The van der Waals surface area contributed by atoms with Crippen LogP contribution in [0.15, 0.2) is 42.5 Å². The zero-order chi connectivity index (χ0) is 22.8. The lowest BCUT2D eigenvalue weighted by molar-refractivity contribution is 0.0573. The van der Waals surface area contributed by atoms with Crippen molar-refractivity contribution < 1.29 is 14.7 Å². The van der Waals surface area contributed by atoms with Gasteiger partial charge in [-0.05, 0) is 93.7 Å². The van der Waals surface area contributed by atoms with Crippen LogP contribution in [0.1, 0.15) is 58.5 Å². The minimum absolute atomic E-state index is 0.141. The standard InChI is InChI=1S/C25H33N3O3/c1-16-5-10-21(29)15-22(16)25(12-14-28(4)18(3)17(25)2)11-13-27-24(31)20-8-6-19(7-9-20)23(26)30/h5-10,15,17-18,29H,11-14H2,1-4H3,(H2,26,30)(H,27,31)/t17-,18?,25-/m0/s1. The smallest absolute Gasteiger partial charge is 0.251 e. The molecule has 1 heterocycles. The highest BCUT2D eigenvalue weighted by atomic mass is 16.3. The Kier molecular flexibility index (Phi) is 6.70. The summed E-state index contributed by atoms with van der Waals surface area (Å²) in [6, 6.07) is 12.3. The number of aromatic hydroxyl groups is 1. The van der Waals surface area contributed by atoms with Crippen LogP contribution in [0, 0.1) is 12.8 Å². The number of likely N-dealkylation sites (tertiary alicyclic amines) is 1. The maximum Gasteiger partial charge on any atom is 0.251 e. The van der Waals surface area contributed by atoms with Crippen LogP contribution in [0.5, 0.6) is 5.75 Å². The lowest BCUT2D eigenvalue weighted by Gasteiger charge is -2.51. The van der Waals surface area contributed by atoms with Crippen LogP contribution >= 0.6 is 0 Å². The first-order valence-corrected chi connectivity index (χ1v) is 10.8. The molecule has 1 fully saturated rings. The highest BCUT2D eigenvalue weighted by molar-refractivity contribution is 5.97. The van der Waals surface area contributed by atoms with Gasteiger partial charge in [-0.3, -0.25) is 9.59 Å². The average Bonchev–Trinajstić information content (AvgIpc) is 2.75. The van der Waals surface area contributed by atoms with E-state index < -0.39 is 5.91 Å². The van der Waals surface area contributed by atoms with Crippen molar-refractivity contribution >= 4 is 11.8 Å².